The zero-order chi connectivity index (χ0) is 16.4. The first-order valence-electron chi connectivity index (χ1n) is 8.11. The van der Waals surface area contributed by atoms with Crippen molar-refractivity contribution in [1.82, 2.24) is 0 Å². The summed E-state index contributed by atoms with van der Waals surface area (Å²) in [6, 6.07) is 5.51. The van der Waals surface area contributed by atoms with Crippen LogP contribution in [0.5, 0.6) is 5.75 Å². The van der Waals surface area contributed by atoms with E-state index in [-0.39, 0.29) is 12.6 Å². The Labute approximate surface area is 139 Å². The number of aliphatic hydroxyl groups is 1. The molecule has 0 radical (unpaired) electrons. The number of unbranched alkanes of at least 4 members (excludes halogenated alkanes) is 2. The third-order valence-electron chi connectivity index (χ3n) is 3.65. The van der Waals surface area contributed by atoms with E-state index in [0.717, 1.165) is 36.3 Å². The largest absolute Gasteiger partial charge is 0.426 e. The van der Waals surface area contributed by atoms with Crippen LogP contribution in [-0.2, 0) is 17.8 Å². The molecule has 0 aliphatic heterocycles. The van der Waals surface area contributed by atoms with Gasteiger partial charge in [0.1, 0.15) is 5.75 Å². The van der Waals surface area contributed by atoms with Gasteiger partial charge in [-0.3, -0.25) is 4.79 Å². The normalized spacial score (nSPS) is 11.0. The predicted octanol–water partition coefficient (Wildman–Crippen LogP) is 4.16. The van der Waals surface area contributed by atoms with Gasteiger partial charge in [-0.05, 0) is 30.4 Å². The molecule has 0 amide bonds. The molecule has 0 heterocycles. The number of benzene rings is 1. The molecule has 124 valence electrons. The van der Waals surface area contributed by atoms with Crippen molar-refractivity contribution in [3.05, 3.63) is 29.3 Å². The number of rotatable bonds is 10. The molecule has 3 nitrogen and oxygen atoms in total. The highest BCUT2D eigenvalue weighted by Gasteiger charge is 2.12. The van der Waals surface area contributed by atoms with Crippen LogP contribution in [0.1, 0.15) is 57.1 Å². The highest BCUT2D eigenvalue weighted by Crippen LogP contribution is 2.26. The van der Waals surface area contributed by atoms with Crippen LogP contribution >= 0.6 is 12.6 Å². The molecule has 1 N–H and O–H groups in total. The zero-order valence-electron chi connectivity index (χ0n) is 13.7. The summed E-state index contributed by atoms with van der Waals surface area (Å²) in [6.45, 7) is 4.44. The fourth-order valence-corrected chi connectivity index (χ4v) is 2.62. The Bertz CT molecular complexity index is 458. The Kier molecular flexibility index (Phi) is 9.25. The van der Waals surface area contributed by atoms with Gasteiger partial charge in [-0.1, -0.05) is 45.2 Å². The summed E-state index contributed by atoms with van der Waals surface area (Å²) in [5, 5.41) is 9.50. The topological polar surface area (TPSA) is 46.5 Å². The monoisotopic (exact) mass is 324 g/mol. The van der Waals surface area contributed by atoms with Crippen molar-refractivity contribution in [3.8, 4) is 5.75 Å². The van der Waals surface area contributed by atoms with Crippen molar-refractivity contribution < 1.29 is 14.6 Å². The Morgan fingerprint density at radius 1 is 1.27 bits per heavy atom. The lowest BCUT2D eigenvalue weighted by Gasteiger charge is -2.14. The average molecular weight is 324 g/mol. The number of esters is 1. The van der Waals surface area contributed by atoms with Crippen molar-refractivity contribution in [1.29, 1.82) is 0 Å². The second-order valence-electron chi connectivity index (χ2n) is 5.99. The summed E-state index contributed by atoms with van der Waals surface area (Å²) in [6.07, 6.45) is 5.78. The molecule has 0 bridgehead atoms. The number of hydrogen-bond acceptors (Lipinski definition) is 4. The van der Waals surface area contributed by atoms with Gasteiger partial charge in [0, 0.05) is 11.3 Å². The Hall–Kier alpha value is -1.000. The van der Waals surface area contributed by atoms with E-state index >= 15 is 0 Å². The van der Waals surface area contributed by atoms with Gasteiger partial charge in [-0.2, -0.15) is 12.6 Å². The maximum atomic E-state index is 11.7. The summed E-state index contributed by atoms with van der Waals surface area (Å²) in [7, 11) is 0. The maximum absolute atomic E-state index is 11.7. The van der Waals surface area contributed by atoms with E-state index in [2.05, 4.69) is 26.5 Å². The van der Waals surface area contributed by atoms with Crippen LogP contribution in [0.15, 0.2) is 18.2 Å². The molecule has 0 unspecified atom stereocenters. The third kappa shape index (κ3) is 6.84. The highest BCUT2D eigenvalue weighted by atomic mass is 32.1. The number of ether oxygens (including phenoxy) is 1. The van der Waals surface area contributed by atoms with E-state index < -0.39 is 0 Å². The van der Waals surface area contributed by atoms with Crippen molar-refractivity contribution in [3.63, 3.8) is 0 Å². The number of carbonyl (C=O) groups is 1. The first-order valence-corrected chi connectivity index (χ1v) is 8.74. The van der Waals surface area contributed by atoms with Gasteiger partial charge in [0.05, 0.1) is 13.0 Å². The van der Waals surface area contributed by atoms with E-state index in [4.69, 9.17) is 4.74 Å². The van der Waals surface area contributed by atoms with E-state index in [1.165, 1.54) is 12.8 Å². The fourth-order valence-electron chi connectivity index (χ4n) is 2.43. The molecule has 0 aromatic heterocycles. The second-order valence-corrected chi connectivity index (χ2v) is 6.44. The van der Waals surface area contributed by atoms with Gasteiger partial charge < -0.3 is 9.84 Å². The van der Waals surface area contributed by atoms with Crippen molar-refractivity contribution in [2.24, 2.45) is 5.92 Å². The van der Waals surface area contributed by atoms with E-state index in [9.17, 15) is 9.90 Å². The minimum Gasteiger partial charge on any atom is -0.426 e. The van der Waals surface area contributed by atoms with E-state index in [1.807, 2.05) is 12.1 Å². The van der Waals surface area contributed by atoms with Crippen LogP contribution < -0.4 is 4.74 Å². The molecule has 1 aromatic rings. The summed E-state index contributed by atoms with van der Waals surface area (Å²) >= 11 is 4.05. The summed E-state index contributed by atoms with van der Waals surface area (Å²) in [5.41, 5.74) is 1.81. The molecular formula is C18H28O3S. The summed E-state index contributed by atoms with van der Waals surface area (Å²) in [4.78, 5) is 11.7. The van der Waals surface area contributed by atoms with Crippen LogP contribution in [0.25, 0.3) is 0 Å². The lowest BCUT2D eigenvalue weighted by atomic mass is 9.98. The first kappa shape index (κ1) is 19.0. The highest BCUT2D eigenvalue weighted by molar-refractivity contribution is 7.80. The number of carbonyl (C=O) groups excluding carboxylic acids is 1. The third-order valence-corrected chi connectivity index (χ3v) is 3.87. The minimum atomic E-state index is -0.272. The molecule has 0 saturated heterocycles. The van der Waals surface area contributed by atoms with E-state index in [0.29, 0.717) is 17.9 Å². The lowest BCUT2D eigenvalue weighted by Crippen LogP contribution is -2.11. The Morgan fingerprint density at radius 2 is 2.05 bits per heavy atom. The van der Waals surface area contributed by atoms with Crippen LogP contribution in [0.2, 0.25) is 0 Å². The van der Waals surface area contributed by atoms with Gasteiger partial charge in [-0.25, -0.2) is 0 Å². The molecule has 0 aliphatic rings. The lowest BCUT2D eigenvalue weighted by molar-refractivity contribution is -0.133. The molecule has 4 heteroatoms. The smallest absolute Gasteiger partial charge is 0.312 e. The first-order chi connectivity index (χ1) is 10.6. The molecule has 0 fully saturated rings. The second kappa shape index (κ2) is 10.7. The molecule has 0 saturated carbocycles. The Balaban J connectivity index is 2.66. The molecule has 1 aromatic carbocycles. The molecule has 0 spiro atoms. The predicted molar refractivity (Wildman–Crippen MR) is 93.5 cm³/mol. The number of aliphatic hydroxyl groups excluding tert-OH is 1. The SMILES string of the molecule is CC(C)CCCCCc1c(CO)cccc1OC(=O)CCS. The van der Waals surface area contributed by atoms with Crippen LogP contribution in [0.3, 0.4) is 0 Å². The molecule has 0 atom stereocenters. The minimum absolute atomic E-state index is 0.0285. The van der Waals surface area contributed by atoms with E-state index in [1.54, 1.807) is 6.07 Å². The standard InChI is InChI=1S/C18H28O3S/c1-14(2)7-4-3-5-9-16-15(13-19)8-6-10-17(16)21-18(20)11-12-22/h6,8,10,14,19,22H,3-5,7,9,11-13H2,1-2H3. The van der Waals surface area contributed by atoms with Gasteiger partial charge in [-0.15, -0.1) is 0 Å². The van der Waals surface area contributed by atoms with Gasteiger partial charge in [0.25, 0.3) is 0 Å². The molecule has 22 heavy (non-hydrogen) atoms. The van der Waals surface area contributed by atoms with Gasteiger partial charge in [0.2, 0.25) is 0 Å². The molecular weight excluding hydrogens is 296 g/mol. The zero-order valence-corrected chi connectivity index (χ0v) is 14.6. The van der Waals surface area contributed by atoms with Gasteiger partial charge >= 0.3 is 5.97 Å². The fraction of sp³-hybridized carbons (Fsp3) is 0.611. The summed E-state index contributed by atoms with van der Waals surface area (Å²) < 4.78 is 5.42. The number of hydrogen-bond donors (Lipinski definition) is 2. The number of thiol groups is 1. The molecule has 0 aliphatic carbocycles. The molecule has 1 rings (SSSR count). The quantitative estimate of drug-likeness (QED) is 0.294. The summed E-state index contributed by atoms with van der Waals surface area (Å²) in [5.74, 6) is 1.53. The van der Waals surface area contributed by atoms with Crippen LogP contribution in [0, 0.1) is 5.92 Å². The average Bonchev–Trinajstić information content (AvgIpc) is 2.47. The van der Waals surface area contributed by atoms with Crippen LogP contribution in [-0.4, -0.2) is 16.8 Å². The van der Waals surface area contributed by atoms with Crippen molar-refractivity contribution in [2.45, 2.75) is 59.0 Å². The maximum Gasteiger partial charge on any atom is 0.312 e. The van der Waals surface area contributed by atoms with Crippen molar-refractivity contribution in [2.75, 3.05) is 5.75 Å². The van der Waals surface area contributed by atoms with Crippen LogP contribution in [0.4, 0.5) is 0 Å². The van der Waals surface area contributed by atoms with Gasteiger partial charge in [0.15, 0.2) is 0 Å². The van der Waals surface area contributed by atoms with Crippen molar-refractivity contribution >= 4 is 18.6 Å². The Morgan fingerprint density at radius 3 is 2.68 bits per heavy atom.